The second-order valence-corrected chi connectivity index (χ2v) is 5.64. The van der Waals surface area contributed by atoms with Gasteiger partial charge in [0.05, 0.1) is 5.69 Å². The highest BCUT2D eigenvalue weighted by atomic mass is 19.1. The summed E-state index contributed by atoms with van der Waals surface area (Å²) in [6, 6.07) is 4.96. The van der Waals surface area contributed by atoms with Gasteiger partial charge in [-0.2, -0.15) is 0 Å². The van der Waals surface area contributed by atoms with Crippen molar-refractivity contribution in [2.75, 3.05) is 18.4 Å². The minimum absolute atomic E-state index is 0.259. The highest BCUT2D eigenvalue weighted by Gasteiger charge is 2.15. The molecule has 0 aliphatic rings. The van der Waals surface area contributed by atoms with Gasteiger partial charge in [0, 0.05) is 13.1 Å². The molecule has 0 saturated carbocycles. The van der Waals surface area contributed by atoms with Gasteiger partial charge in [0.1, 0.15) is 11.4 Å². The standard InChI is InChI=1S/C15H23FN2O2/c1-11-7-5-8-12(16)13(11)17-9-6-10-18-14(19)20-15(2,3)4/h5,7-8,17H,6,9-10H2,1-4H3,(H,18,19). The first-order valence-electron chi connectivity index (χ1n) is 6.75. The van der Waals surface area contributed by atoms with Crippen molar-refractivity contribution in [2.24, 2.45) is 0 Å². The van der Waals surface area contributed by atoms with Gasteiger partial charge in [-0.15, -0.1) is 0 Å². The minimum atomic E-state index is -0.493. The first-order valence-corrected chi connectivity index (χ1v) is 6.75. The Kier molecular flexibility index (Phi) is 5.80. The van der Waals surface area contributed by atoms with Gasteiger partial charge in [-0.25, -0.2) is 9.18 Å². The maximum absolute atomic E-state index is 13.5. The summed E-state index contributed by atoms with van der Waals surface area (Å²) >= 11 is 0. The fourth-order valence-corrected chi connectivity index (χ4v) is 1.66. The smallest absolute Gasteiger partial charge is 0.407 e. The number of rotatable bonds is 5. The molecular formula is C15H23FN2O2. The number of carbonyl (C=O) groups excluding carboxylic acids is 1. The Bertz CT molecular complexity index is 435. The van der Waals surface area contributed by atoms with Crippen LogP contribution in [-0.4, -0.2) is 24.8 Å². The Morgan fingerprint density at radius 3 is 2.60 bits per heavy atom. The van der Waals surface area contributed by atoms with Crippen molar-refractivity contribution in [3.63, 3.8) is 0 Å². The zero-order valence-electron chi connectivity index (χ0n) is 12.5. The predicted molar refractivity (Wildman–Crippen MR) is 78.5 cm³/mol. The van der Waals surface area contributed by atoms with Crippen molar-refractivity contribution in [3.8, 4) is 0 Å². The first kappa shape index (κ1) is 16.3. The van der Waals surface area contributed by atoms with E-state index in [1.807, 2.05) is 33.8 Å². The van der Waals surface area contributed by atoms with E-state index in [0.717, 1.165) is 5.56 Å². The fourth-order valence-electron chi connectivity index (χ4n) is 1.66. The molecule has 0 aliphatic heterocycles. The van der Waals surface area contributed by atoms with E-state index < -0.39 is 11.7 Å². The van der Waals surface area contributed by atoms with Crippen molar-refractivity contribution < 1.29 is 13.9 Å². The number of ether oxygens (including phenoxy) is 1. The van der Waals surface area contributed by atoms with Gasteiger partial charge in [-0.05, 0) is 45.7 Å². The number of carbonyl (C=O) groups is 1. The summed E-state index contributed by atoms with van der Waals surface area (Å²) in [5.41, 5.74) is 0.891. The van der Waals surface area contributed by atoms with Gasteiger partial charge in [0.25, 0.3) is 0 Å². The Morgan fingerprint density at radius 2 is 2.00 bits per heavy atom. The summed E-state index contributed by atoms with van der Waals surface area (Å²) in [6.07, 6.45) is 0.257. The average molecular weight is 282 g/mol. The lowest BCUT2D eigenvalue weighted by molar-refractivity contribution is 0.0528. The first-order chi connectivity index (χ1) is 9.29. The highest BCUT2D eigenvalue weighted by molar-refractivity contribution is 5.67. The summed E-state index contributed by atoms with van der Waals surface area (Å²) in [7, 11) is 0. The van der Waals surface area contributed by atoms with Gasteiger partial charge in [0.15, 0.2) is 0 Å². The minimum Gasteiger partial charge on any atom is -0.444 e. The van der Waals surface area contributed by atoms with Crippen LogP contribution in [0.25, 0.3) is 0 Å². The maximum atomic E-state index is 13.5. The molecule has 1 aromatic rings. The Hall–Kier alpha value is -1.78. The van der Waals surface area contributed by atoms with Gasteiger partial charge in [-0.3, -0.25) is 0 Å². The van der Waals surface area contributed by atoms with E-state index >= 15 is 0 Å². The topological polar surface area (TPSA) is 50.4 Å². The van der Waals surface area contributed by atoms with E-state index in [2.05, 4.69) is 10.6 Å². The van der Waals surface area contributed by atoms with Crippen LogP contribution >= 0.6 is 0 Å². The summed E-state index contributed by atoms with van der Waals surface area (Å²) in [4.78, 5) is 11.4. The number of para-hydroxylation sites is 1. The molecule has 0 fully saturated rings. The predicted octanol–water partition coefficient (Wildman–Crippen LogP) is 3.46. The van der Waals surface area contributed by atoms with E-state index in [0.29, 0.717) is 25.2 Å². The summed E-state index contributed by atoms with van der Waals surface area (Å²) in [5.74, 6) is -0.259. The van der Waals surface area contributed by atoms with Crippen LogP contribution in [0.5, 0.6) is 0 Å². The quantitative estimate of drug-likeness (QED) is 0.813. The van der Waals surface area contributed by atoms with Crippen molar-refractivity contribution >= 4 is 11.8 Å². The van der Waals surface area contributed by atoms with Crippen LogP contribution in [0, 0.1) is 12.7 Å². The molecule has 0 heterocycles. The molecule has 0 atom stereocenters. The summed E-state index contributed by atoms with van der Waals surface area (Å²) in [5, 5.41) is 5.70. The number of anilines is 1. The third-order valence-electron chi connectivity index (χ3n) is 2.55. The van der Waals surface area contributed by atoms with Crippen LogP contribution in [0.1, 0.15) is 32.8 Å². The molecule has 1 amide bonds. The molecule has 5 heteroatoms. The molecular weight excluding hydrogens is 259 g/mol. The average Bonchev–Trinajstić information content (AvgIpc) is 2.29. The van der Waals surface area contributed by atoms with Crippen LogP contribution in [0.2, 0.25) is 0 Å². The lowest BCUT2D eigenvalue weighted by Gasteiger charge is -2.19. The molecule has 0 saturated heterocycles. The maximum Gasteiger partial charge on any atom is 0.407 e. The molecule has 0 aliphatic carbocycles. The molecule has 112 valence electrons. The SMILES string of the molecule is Cc1cccc(F)c1NCCCNC(=O)OC(C)(C)C. The number of hydrogen-bond acceptors (Lipinski definition) is 3. The van der Waals surface area contributed by atoms with E-state index in [-0.39, 0.29) is 5.82 Å². The second-order valence-electron chi connectivity index (χ2n) is 5.64. The van der Waals surface area contributed by atoms with Gasteiger partial charge in [0.2, 0.25) is 0 Å². The van der Waals surface area contributed by atoms with Crippen LogP contribution < -0.4 is 10.6 Å². The van der Waals surface area contributed by atoms with Gasteiger partial charge >= 0.3 is 6.09 Å². The number of halogens is 1. The molecule has 0 spiro atoms. The molecule has 2 N–H and O–H groups in total. The van der Waals surface area contributed by atoms with Crippen LogP contribution in [-0.2, 0) is 4.74 Å². The van der Waals surface area contributed by atoms with Gasteiger partial charge in [-0.1, -0.05) is 12.1 Å². The number of aryl methyl sites for hydroxylation is 1. The number of hydrogen-bond donors (Lipinski definition) is 2. The largest absolute Gasteiger partial charge is 0.444 e. The van der Waals surface area contributed by atoms with Crippen molar-refractivity contribution in [3.05, 3.63) is 29.6 Å². The molecule has 20 heavy (non-hydrogen) atoms. The number of nitrogens with one attached hydrogen (secondary N) is 2. The van der Waals surface area contributed by atoms with Crippen molar-refractivity contribution in [2.45, 2.75) is 39.7 Å². The third kappa shape index (κ3) is 5.91. The number of alkyl carbamates (subject to hydrolysis) is 1. The lowest BCUT2D eigenvalue weighted by Crippen LogP contribution is -2.33. The zero-order valence-corrected chi connectivity index (χ0v) is 12.5. The van der Waals surface area contributed by atoms with Crippen LogP contribution in [0.15, 0.2) is 18.2 Å². The molecule has 1 rings (SSSR count). The van der Waals surface area contributed by atoms with Crippen LogP contribution in [0.4, 0.5) is 14.9 Å². The second kappa shape index (κ2) is 7.12. The Morgan fingerprint density at radius 1 is 1.30 bits per heavy atom. The van der Waals surface area contributed by atoms with Crippen LogP contribution in [0.3, 0.4) is 0 Å². The monoisotopic (exact) mass is 282 g/mol. The van der Waals surface area contributed by atoms with E-state index in [4.69, 9.17) is 4.74 Å². The number of amides is 1. The van der Waals surface area contributed by atoms with E-state index in [1.54, 1.807) is 6.07 Å². The highest BCUT2D eigenvalue weighted by Crippen LogP contribution is 2.18. The summed E-state index contributed by atoms with van der Waals surface area (Å²) < 4.78 is 18.6. The van der Waals surface area contributed by atoms with Crippen molar-refractivity contribution in [1.82, 2.24) is 5.32 Å². The van der Waals surface area contributed by atoms with E-state index in [1.165, 1.54) is 6.07 Å². The Balaban J connectivity index is 2.24. The molecule has 0 bridgehead atoms. The van der Waals surface area contributed by atoms with Gasteiger partial charge < -0.3 is 15.4 Å². The van der Waals surface area contributed by atoms with Crippen molar-refractivity contribution in [1.29, 1.82) is 0 Å². The summed E-state index contributed by atoms with van der Waals surface area (Å²) in [6.45, 7) is 8.36. The number of benzene rings is 1. The molecule has 1 aromatic carbocycles. The van der Waals surface area contributed by atoms with E-state index in [9.17, 15) is 9.18 Å². The molecule has 0 unspecified atom stereocenters. The molecule has 4 nitrogen and oxygen atoms in total. The Labute approximate surface area is 119 Å². The zero-order chi connectivity index (χ0) is 15.2. The lowest BCUT2D eigenvalue weighted by atomic mass is 10.2. The molecule has 0 radical (unpaired) electrons. The normalized spacial score (nSPS) is 11.1. The third-order valence-corrected chi connectivity index (χ3v) is 2.55. The fraction of sp³-hybridized carbons (Fsp3) is 0.533. The molecule has 0 aromatic heterocycles.